The number of hydrogen-bond acceptors (Lipinski definition) is 6. The minimum Gasteiger partial charge on any atom is -0.368 e. The second kappa shape index (κ2) is 8.85. The van der Waals surface area contributed by atoms with Crippen molar-refractivity contribution in [2.45, 2.75) is 20.3 Å². The Labute approximate surface area is 185 Å². The van der Waals surface area contributed by atoms with Crippen LogP contribution in [-0.4, -0.2) is 46.9 Å². The molecular formula is C23H24N4O3S. The first-order chi connectivity index (χ1) is 15.0. The molecule has 2 aromatic carbocycles. The molecule has 1 fully saturated rings. The summed E-state index contributed by atoms with van der Waals surface area (Å²) in [6, 6.07) is 14.9. The largest absolute Gasteiger partial charge is 0.368 e. The van der Waals surface area contributed by atoms with Gasteiger partial charge in [-0.15, -0.1) is 11.3 Å². The quantitative estimate of drug-likeness (QED) is 0.433. The van der Waals surface area contributed by atoms with Gasteiger partial charge < -0.3 is 9.80 Å². The Morgan fingerprint density at radius 2 is 1.71 bits per heavy atom. The number of nitro groups is 1. The molecule has 0 saturated carbocycles. The Hall–Kier alpha value is -3.26. The lowest BCUT2D eigenvalue weighted by molar-refractivity contribution is -0.384. The van der Waals surface area contributed by atoms with Crippen LogP contribution < -0.4 is 4.90 Å². The highest BCUT2D eigenvalue weighted by Gasteiger charge is 2.26. The minimum absolute atomic E-state index is 0.0229. The van der Waals surface area contributed by atoms with Gasteiger partial charge in [0.1, 0.15) is 9.88 Å². The first-order valence-electron chi connectivity index (χ1n) is 10.3. The van der Waals surface area contributed by atoms with Crippen LogP contribution in [0.1, 0.15) is 27.9 Å². The molecule has 0 aliphatic carbocycles. The number of thiazole rings is 1. The molecule has 160 valence electrons. The Bertz CT molecular complexity index is 1090. The number of piperazine rings is 1. The van der Waals surface area contributed by atoms with E-state index in [1.165, 1.54) is 29.0 Å². The van der Waals surface area contributed by atoms with Crippen molar-refractivity contribution in [3.05, 3.63) is 74.8 Å². The second-order valence-electron chi connectivity index (χ2n) is 7.54. The summed E-state index contributed by atoms with van der Waals surface area (Å²) in [4.78, 5) is 32.9. The fourth-order valence-corrected chi connectivity index (χ4v) is 4.74. The predicted octanol–water partition coefficient (Wildman–Crippen LogP) is 4.55. The molecule has 0 N–H and O–H groups in total. The maximum atomic E-state index is 13.1. The molecule has 3 aromatic rings. The number of rotatable bonds is 5. The monoisotopic (exact) mass is 436 g/mol. The van der Waals surface area contributed by atoms with Gasteiger partial charge in [-0.3, -0.25) is 14.9 Å². The number of benzene rings is 2. The Morgan fingerprint density at radius 1 is 1.06 bits per heavy atom. The lowest BCUT2D eigenvalue weighted by Gasteiger charge is -2.36. The van der Waals surface area contributed by atoms with E-state index in [2.05, 4.69) is 41.1 Å². The normalized spacial score (nSPS) is 14.0. The Balaban J connectivity index is 1.42. The third-order valence-electron chi connectivity index (χ3n) is 5.59. The van der Waals surface area contributed by atoms with Crippen LogP contribution in [0.15, 0.2) is 48.5 Å². The van der Waals surface area contributed by atoms with E-state index in [9.17, 15) is 14.9 Å². The van der Waals surface area contributed by atoms with Gasteiger partial charge in [0.2, 0.25) is 0 Å². The number of anilines is 1. The van der Waals surface area contributed by atoms with E-state index in [4.69, 9.17) is 0 Å². The number of nitro benzene ring substituents is 1. The van der Waals surface area contributed by atoms with Crippen LogP contribution in [0.5, 0.6) is 0 Å². The molecule has 0 atom stereocenters. The third kappa shape index (κ3) is 4.44. The summed E-state index contributed by atoms with van der Waals surface area (Å²) in [5.74, 6) is 0.0229. The molecule has 31 heavy (non-hydrogen) atoms. The van der Waals surface area contributed by atoms with E-state index >= 15 is 0 Å². The van der Waals surface area contributed by atoms with Crippen molar-refractivity contribution >= 4 is 28.6 Å². The number of aryl methyl sites for hydroxylation is 2. The highest BCUT2D eigenvalue weighted by atomic mass is 32.1. The molecule has 1 aliphatic rings. The lowest BCUT2D eigenvalue weighted by atomic mass is 10.1. The highest BCUT2D eigenvalue weighted by molar-refractivity contribution is 7.17. The fraction of sp³-hybridized carbons (Fsp3) is 0.304. The molecule has 0 unspecified atom stereocenters. The maximum Gasteiger partial charge on any atom is 0.269 e. The van der Waals surface area contributed by atoms with Crippen LogP contribution in [-0.2, 0) is 6.42 Å². The summed E-state index contributed by atoms with van der Waals surface area (Å²) in [5, 5.41) is 11.7. The first-order valence-corrected chi connectivity index (χ1v) is 11.1. The van der Waals surface area contributed by atoms with E-state index in [0.29, 0.717) is 31.1 Å². The summed E-state index contributed by atoms with van der Waals surface area (Å²) >= 11 is 1.45. The zero-order valence-electron chi connectivity index (χ0n) is 17.6. The molecule has 1 saturated heterocycles. The average molecular weight is 437 g/mol. The summed E-state index contributed by atoms with van der Waals surface area (Å²) in [6.07, 6.45) is 0.993. The topological polar surface area (TPSA) is 79.6 Å². The van der Waals surface area contributed by atoms with Crippen molar-refractivity contribution in [1.82, 2.24) is 9.88 Å². The molecule has 1 aliphatic heterocycles. The van der Waals surface area contributed by atoms with Gasteiger partial charge in [-0.2, -0.15) is 0 Å². The minimum atomic E-state index is -0.399. The summed E-state index contributed by atoms with van der Waals surface area (Å²) in [7, 11) is 0. The number of non-ortho nitro benzene ring substituents is 1. The lowest BCUT2D eigenvalue weighted by Crippen LogP contribution is -2.48. The molecular weight excluding hydrogens is 412 g/mol. The summed E-state index contributed by atoms with van der Waals surface area (Å²) in [6.45, 7) is 6.60. The highest BCUT2D eigenvalue weighted by Crippen LogP contribution is 2.30. The van der Waals surface area contributed by atoms with Gasteiger partial charge in [-0.1, -0.05) is 31.2 Å². The smallest absolute Gasteiger partial charge is 0.269 e. The van der Waals surface area contributed by atoms with E-state index < -0.39 is 4.92 Å². The number of carbonyl (C=O) groups excluding carboxylic acids is 1. The van der Waals surface area contributed by atoms with Gasteiger partial charge in [0.25, 0.3) is 11.6 Å². The number of hydrogen-bond donors (Lipinski definition) is 0. The van der Waals surface area contributed by atoms with Crippen molar-refractivity contribution in [2.75, 3.05) is 31.1 Å². The van der Waals surface area contributed by atoms with Crippen molar-refractivity contribution in [1.29, 1.82) is 0 Å². The number of aromatic nitrogens is 1. The van der Waals surface area contributed by atoms with Crippen LogP contribution in [0, 0.1) is 17.0 Å². The SMILES string of the molecule is CCc1ccc(-c2nc(C)c(C(=O)N3CCN(c4ccc([N+](=O)[O-])cc4)CC3)s2)cc1. The molecule has 2 heterocycles. The fourth-order valence-electron chi connectivity index (χ4n) is 3.70. The van der Waals surface area contributed by atoms with Gasteiger partial charge in [0, 0.05) is 49.6 Å². The van der Waals surface area contributed by atoms with Crippen molar-refractivity contribution < 1.29 is 9.72 Å². The van der Waals surface area contributed by atoms with Crippen LogP contribution >= 0.6 is 11.3 Å². The third-order valence-corrected chi connectivity index (χ3v) is 6.79. The molecule has 7 nitrogen and oxygen atoms in total. The predicted molar refractivity (Wildman–Crippen MR) is 123 cm³/mol. The van der Waals surface area contributed by atoms with Gasteiger partial charge in [-0.05, 0) is 31.0 Å². The van der Waals surface area contributed by atoms with E-state index in [1.807, 2.05) is 11.8 Å². The van der Waals surface area contributed by atoms with Gasteiger partial charge in [-0.25, -0.2) is 4.98 Å². The van der Waals surface area contributed by atoms with Crippen molar-refractivity contribution in [3.8, 4) is 10.6 Å². The number of nitrogens with zero attached hydrogens (tertiary/aromatic N) is 4. The molecule has 1 aromatic heterocycles. The zero-order valence-corrected chi connectivity index (χ0v) is 18.4. The average Bonchev–Trinajstić information content (AvgIpc) is 3.20. The summed E-state index contributed by atoms with van der Waals surface area (Å²) in [5.41, 5.74) is 4.09. The molecule has 0 spiro atoms. The molecule has 4 rings (SSSR count). The number of carbonyl (C=O) groups is 1. The van der Waals surface area contributed by atoms with Crippen LogP contribution in [0.25, 0.3) is 10.6 Å². The van der Waals surface area contributed by atoms with E-state index in [1.54, 1.807) is 12.1 Å². The molecule has 1 amide bonds. The zero-order chi connectivity index (χ0) is 22.0. The molecule has 8 heteroatoms. The second-order valence-corrected chi connectivity index (χ2v) is 8.54. The van der Waals surface area contributed by atoms with Crippen LogP contribution in [0.2, 0.25) is 0 Å². The van der Waals surface area contributed by atoms with Gasteiger partial charge in [0.15, 0.2) is 0 Å². The van der Waals surface area contributed by atoms with Crippen molar-refractivity contribution in [2.24, 2.45) is 0 Å². The van der Waals surface area contributed by atoms with Gasteiger partial charge in [0.05, 0.1) is 10.6 Å². The molecule has 0 bridgehead atoms. The van der Waals surface area contributed by atoms with Crippen LogP contribution in [0.3, 0.4) is 0 Å². The van der Waals surface area contributed by atoms with Crippen molar-refractivity contribution in [3.63, 3.8) is 0 Å². The standard InChI is InChI=1S/C23H24N4O3S/c1-3-17-4-6-18(7-5-17)22-24-16(2)21(31-22)23(28)26-14-12-25(13-15-26)19-8-10-20(11-9-19)27(29)30/h4-11H,3,12-15H2,1-2H3. The van der Waals surface area contributed by atoms with Gasteiger partial charge >= 0.3 is 0 Å². The maximum absolute atomic E-state index is 13.1. The molecule has 0 radical (unpaired) electrons. The van der Waals surface area contributed by atoms with E-state index in [0.717, 1.165) is 28.4 Å². The first kappa shape index (κ1) is 21.0. The van der Waals surface area contributed by atoms with Crippen LogP contribution in [0.4, 0.5) is 11.4 Å². The summed E-state index contributed by atoms with van der Waals surface area (Å²) < 4.78 is 0. The Morgan fingerprint density at radius 3 is 2.29 bits per heavy atom. The number of amides is 1. The Kier molecular flexibility index (Phi) is 5.99. The van der Waals surface area contributed by atoms with E-state index in [-0.39, 0.29) is 11.6 Å².